The third kappa shape index (κ3) is 5.33. The summed E-state index contributed by atoms with van der Waals surface area (Å²) >= 11 is 5.96. The number of para-hydroxylation sites is 2. The molecule has 0 spiro atoms. The van der Waals surface area contributed by atoms with Crippen molar-refractivity contribution < 1.29 is 19.1 Å². The average molecular weight is 382 g/mol. The predicted octanol–water partition coefficient (Wildman–Crippen LogP) is 4.58. The molecule has 0 aliphatic carbocycles. The topological polar surface area (TPSA) is 64.6 Å². The highest BCUT2D eigenvalue weighted by molar-refractivity contribution is 6.32. The SMILES string of the molecule is O=C(COc1ccccc1Cl)Oc1ccc(C(=O)Nc2ccccc2)cc1. The average Bonchev–Trinajstić information content (AvgIpc) is 2.69. The Morgan fingerprint density at radius 3 is 2.22 bits per heavy atom. The minimum Gasteiger partial charge on any atom is -0.480 e. The normalized spacial score (nSPS) is 10.1. The van der Waals surface area contributed by atoms with E-state index in [1.165, 1.54) is 0 Å². The number of ether oxygens (including phenoxy) is 2. The molecule has 0 aromatic heterocycles. The maximum atomic E-state index is 12.2. The van der Waals surface area contributed by atoms with E-state index in [2.05, 4.69) is 5.32 Å². The number of carbonyl (C=O) groups excluding carboxylic acids is 2. The van der Waals surface area contributed by atoms with E-state index in [9.17, 15) is 9.59 Å². The summed E-state index contributed by atoms with van der Waals surface area (Å²) in [5.41, 5.74) is 1.15. The molecule has 27 heavy (non-hydrogen) atoms. The van der Waals surface area contributed by atoms with E-state index in [1.54, 1.807) is 60.7 Å². The second-order valence-corrected chi connectivity index (χ2v) is 5.94. The number of carbonyl (C=O) groups is 2. The largest absolute Gasteiger partial charge is 0.480 e. The third-order valence-electron chi connectivity index (χ3n) is 3.56. The minimum atomic E-state index is -0.573. The number of esters is 1. The van der Waals surface area contributed by atoms with Crippen LogP contribution in [0, 0.1) is 0 Å². The van der Waals surface area contributed by atoms with Crippen molar-refractivity contribution in [3.63, 3.8) is 0 Å². The Morgan fingerprint density at radius 1 is 0.852 bits per heavy atom. The van der Waals surface area contributed by atoms with Gasteiger partial charge in [0, 0.05) is 11.3 Å². The zero-order chi connectivity index (χ0) is 19.1. The van der Waals surface area contributed by atoms with Gasteiger partial charge in [-0.3, -0.25) is 4.79 Å². The molecule has 3 aromatic rings. The van der Waals surface area contributed by atoms with E-state index in [0.29, 0.717) is 27.8 Å². The van der Waals surface area contributed by atoms with E-state index in [1.807, 2.05) is 18.2 Å². The van der Waals surface area contributed by atoms with Gasteiger partial charge < -0.3 is 14.8 Å². The highest BCUT2D eigenvalue weighted by atomic mass is 35.5. The number of anilines is 1. The zero-order valence-electron chi connectivity index (χ0n) is 14.2. The fourth-order valence-corrected chi connectivity index (χ4v) is 2.45. The first-order chi connectivity index (χ1) is 13.1. The van der Waals surface area contributed by atoms with Gasteiger partial charge in [-0.2, -0.15) is 0 Å². The van der Waals surface area contributed by atoms with Crippen LogP contribution in [0.15, 0.2) is 78.9 Å². The number of hydrogen-bond acceptors (Lipinski definition) is 4. The van der Waals surface area contributed by atoms with Gasteiger partial charge in [0.15, 0.2) is 6.61 Å². The lowest BCUT2D eigenvalue weighted by Crippen LogP contribution is -2.18. The first kappa shape index (κ1) is 18.5. The van der Waals surface area contributed by atoms with Crippen molar-refractivity contribution in [3.8, 4) is 11.5 Å². The number of amides is 1. The fourth-order valence-electron chi connectivity index (χ4n) is 2.26. The van der Waals surface area contributed by atoms with E-state index < -0.39 is 5.97 Å². The Hall–Kier alpha value is -3.31. The molecule has 0 bridgehead atoms. The Morgan fingerprint density at radius 2 is 1.52 bits per heavy atom. The lowest BCUT2D eigenvalue weighted by Gasteiger charge is -2.09. The summed E-state index contributed by atoms with van der Waals surface area (Å²) in [5, 5.41) is 3.20. The molecule has 1 amide bonds. The van der Waals surface area contributed by atoms with Crippen LogP contribution in [0.1, 0.15) is 10.4 Å². The number of nitrogens with one attached hydrogen (secondary N) is 1. The van der Waals surface area contributed by atoms with E-state index >= 15 is 0 Å². The molecule has 5 nitrogen and oxygen atoms in total. The number of rotatable bonds is 6. The standard InChI is InChI=1S/C21H16ClNO4/c22-18-8-4-5-9-19(18)26-14-20(24)27-17-12-10-15(11-13-17)21(25)23-16-6-2-1-3-7-16/h1-13H,14H2,(H,23,25). The monoisotopic (exact) mass is 381 g/mol. The van der Waals surface area contributed by atoms with Gasteiger partial charge in [0.25, 0.3) is 5.91 Å². The number of hydrogen-bond donors (Lipinski definition) is 1. The van der Waals surface area contributed by atoms with Gasteiger partial charge >= 0.3 is 5.97 Å². The molecule has 136 valence electrons. The van der Waals surface area contributed by atoms with Crippen molar-refractivity contribution in [2.75, 3.05) is 11.9 Å². The Kier molecular flexibility index (Phi) is 6.07. The second-order valence-electron chi connectivity index (χ2n) is 5.54. The first-order valence-corrected chi connectivity index (χ1v) is 8.54. The summed E-state index contributed by atoms with van der Waals surface area (Å²) in [6, 6.07) is 22.2. The van der Waals surface area contributed by atoms with Gasteiger partial charge in [0.05, 0.1) is 5.02 Å². The molecule has 0 unspecified atom stereocenters. The number of benzene rings is 3. The molecule has 3 aromatic carbocycles. The first-order valence-electron chi connectivity index (χ1n) is 8.16. The summed E-state index contributed by atoms with van der Waals surface area (Å²) < 4.78 is 10.5. The van der Waals surface area contributed by atoms with Crippen LogP contribution in [-0.2, 0) is 4.79 Å². The third-order valence-corrected chi connectivity index (χ3v) is 3.87. The van der Waals surface area contributed by atoms with Gasteiger partial charge in [-0.05, 0) is 48.5 Å². The molecule has 0 saturated carbocycles. The van der Waals surface area contributed by atoms with Crippen LogP contribution in [-0.4, -0.2) is 18.5 Å². The van der Waals surface area contributed by atoms with Crippen molar-refractivity contribution in [1.29, 1.82) is 0 Å². The quantitative estimate of drug-likeness (QED) is 0.501. The van der Waals surface area contributed by atoms with Crippen molar-refractivity contribution in [3.05, 3.63) is 89.4 Å². The molecule has 0 radical (unpaired) electrons. The Labute approximate surface area is 161 Å². The predicted molar refractivity (Wildman–Crippen MR) is 103 cm³/mol. The van der Waals surface area contributed by atoms with Gasteiger partial charge in [-0.25, -0.2) is 4.79 Å². The maximum absolute atomic E-state index is 12.2. The van der Waals surface area contributed by atoms with Crippen LogP contribution in [0.4, 0.5) is 5.69 Å². The molecule has 0 atom stereocenters. The van der Waals surface area contributed by atoms with Crippen molar-refractivity contribution in [2.24, 2.45) is 0 Å². The Bertz CT molecular complexity index is 926. The lowest BCUT2D eigenvalue weighted by molar-refractivity contribution is -0.136. The van der Waals surface area contributed by atoms with Crippen molar-refractivity contribution >= 4 is 29.2 Å². The van der Waals surface area contributed by atoms with Gasteiger partial charge in [0.1, 0.15) is 11.5 Å². The highest BCUT2D eigenvalue weighted by Crippen LogP contribution is 2.23. The van der Waals surface area contributed by atoms with Crippen LogP contribution >= 0.6 is 11.6 Å². The zero-order valence-corrected chi connectivity index (χ0v) is 15.0. The summed E-state index contributed by atoms with van der Waals surface area (Å²) in [6.07, 6.45) is 0. The molecule has 3 rings (SSSR count). The summed E-state index contributed by atoms with van der Waals surface area (Å²) in [7, 11) is 0. The van der Waals surface area contributed by atoms with Gasteiger partial charge in [-0.15, -0.1) is 0 Å². The molecule has 0 aliphatic heterocycles. The van der Waals surface area contributed by atoms with E-state index in [4.69, 9.17) is 21.1 Å². The molecule has 1 N–H and O–H groups in total. The molecule has 6 heteroatoms. The molecule has 0 fully saturated rings. The molecule has 0 aliphatic rings. The van der Waals surface area contributed by atoms with Crippen LogP contribution in [0.5, 0.6) is 11.5 Å². The van der Waals surface area contributed by atoms with Gasteiger partial charge in [-0.1, -0.05) is 41.9 Å². The minimum absolute atomic E-state index is 0.249. The fraction of sp³-hybridized carbons (Fsp3) is 0.0476. The van der Waals surface area contributed by atoms with Crippen LogP contribution in [0.3, 0.4) is 0 Å². The summed E-state index contributed by atoms with van der Waals surface area (Å²) in [6.45, 7) is -0.278. The van der Waals surface area contributed by atoms with Crippen LogP contribution in [0.2, 0.25) is 5.02 Å². The van der Waals surface area contributed by atoms with Crippen LogP contribution in [0.25, 0.3) is 0 Å². The maximum Gasteiger partial charge on any atom is 0.349 e. The number of halogens is 1. The molecule has 0 saturated heterocycles. The Balaban J connectivity index is 1.53. The summed E-state index contributed by atoms with van der Waals surface area (Å²) in [5.74, 6) is -0.0967. The smallest absolute Gasteiger partial charge is 0.349 e. The van der Waals surface area contributed by atoms with Gasteiger partial charge in [0.2, 0.25) is 0 Å². The second kappa shape index (κ2) is 8.87. The lowest BCUT2D eigenvalue weighted by atomic mass is 10.2. The molecule has 0 heterocycles. The van der Waals surface area contributed by atoms with Crippen molar-refractivity contribution in [2.45, 2.75) is 0 Å². The van der Waals surface area contributed by atoms with E-state index in [-0.39, 0.29) is 12.5 Å². The summed E-state index contributed by atoms with van der Waals surface area (Å²) in [4.78, 5) is 24.1. The van der Waals surface area contributed by atoms with Crippen molar-refractivity contribution in [1.82, 2.24) is 0 Å². The van der Waals surface area contributed by atoms with E-state index in [0.717, 1.165) is 0 Å². The van der Waals surface area contributed by atoms with Crippen LogP contribution < -0.4 is 14.8 Å². The molecular formula is C21H16ClNO4. The molecular weight excluding hydrogens is 366 g/mol. The highest BCUT2D eigenvalue weighted by Gasteiger charge is 2.10.